The molecule has 0 aromatic heterocycles. The molecule has 2 aliphatic rings. The summed E-state index contributed by atoms with van der Waals surface area (Å²) in [5.74, 6) is 0. The summed E-state index contributed by atoms with van der Waals surface area (Å²) >= 11 is 6.25. The zero-order valence-corrected chi connectivity index (χ0v) is 15.6. The molecule has 1 saturated heterocycles. The van der Waals surface area contributed by atoms with Gasteiger partial charge in [0.25, 0.3) is 0 Å². The Labute approximate surface area is 159 Å². The first-order chi connectivity index (χ1) is 12.7. The first-order valence-electron chi connectivity index (χ1n) is 9.32. The Morgan fingerprint density at radius 2 is 1.77 bits per heavy atom. The lowest BCUT2D eigenvalue weighted by Crippen LogP contribution is -2.49. The molecule has 4 rings (SSSR count). The maximum atomic E-state index is 12.6. The van der Waals surface area contributed by atoms with Crippen LogP contribution >= 0.6 is 11.6 Å². The average molecular weight is 370 g/mol. The number of rotatable bonds is 3. The Kier molecular flexibility index (Phi) is 5.14. The lowest BCUT2D eigenvalue weighted by Gasteiger charge is -2.34. The monoisotopic (exact) mass is 369 g/mol. The third kappa shape index (κ3) is 3.87. The molecule has 0 saturated carbocycles. The van der Waals surface area contributed by atoms with Crippen LogP contribution in [0, 0.1) is 0 Å². The van der Waals surface area contributed by atoms with Crippen molar-refractivity contribution in [3.63, 3.8) is 0 Å². The number of hydrogen-bond acceptors (Lipinski definition) is 2. The number of amides is 2. The van der Waals surface area contributed by atoms with Gasteiger partial charge in [0.1, 0.15) is 0 Å². The molecule has 4 nitrogen and oxygen atoms in total. The van der Waals surface area contributed by atoms with Crippen molar-refractivity contribution < 1.29 is 4.79 Å². The second-order valence-corrected chi connectivity index (χ2v) is 7.53. The van der Waals surface area contributed by atoms with Crippen molar-refractivity contribution in [3.05, 3.63) is 64.2 Å². The minimum absolute atomic E-state index is 0.000315. The standard InChI is InChI=1S/C21H24ClN3O/c22-20-7-2-1-4-18(20)15-24-10-12-25(13-11-24)21(26)23-19-9-8-16-5-3-6-17(16)14-19/h1-2,4,7-9,14H,3,5-6,10-13,15H2,(H,23,26). The number of anilines is 1. The van der Waals surface area contributed by atoms with Crippen LogP contribution in [0.4, 0.5) is 10.5 Å². The largest absolute Gasteiger partial charge is 0.322 e. The van der Waals surface area contributed by atoms with Gasteiger partial charge < -0.3 is 10.2 Å². The fourth-order valence-electron chi connectivity index (χ4n) is 3.83. The van der Waals surface area contributed by atoms with Crippen LogP contribution in [0.25, 0.3) is 0 Å². The van der Waals surface area contributed by atoms with Gasteiger partial charge in [-0.1, -0.05) is 35.9 Å². The Morgan fingerprint density at radius 3 is 2.58 bits per heavy atom. The number of benzene rings is 2. The van der Waals surface area contributed by atoms with E-state index in [2.05, 4.69) is 28.4 Å². The number of nitrogens with one attached hydrogen (secondary N) is 1. The molecule has 26 heavy (non-hydrogen) atoms. The molecule has 2 aromatic rings. The third-order valence-corrected chi connectivity index (χ3v) is 5.73. The number of aryl methyl sites for hydroxylation is 2. The summed E-state index contributed by atoms with van der Waals surface area (Å²) in [4.78, 5) is 16.8. The maximum Gasteiger partial charge on any atom is 0.321 e. The Balaban J connectivity index is 1.30. The predicted molar refractivity (Wildman–Crippen MR) is 106 cm³/mol. The third-order valence-electron chi connectivity index (χ3n) is 5.36. The van der Waals surface area contributed by atoms with E-state index < -0.39 is 0 Å². The van der Waals surface area contributed by atoms with Crippen LogP contribution in [0.5, 0.6) is 0 Å². The molecule has 1 N–H and O–H groups in total. The molecule has 0 spiro atoms. The Hall–Kier alpha value is -2.04. The number of carbonyl (C=O) groups is 1. The molecule has 1 fully saturated rings. The summed E-state index contributed by atoms with van der Waals surface area (Å²) < 4.78 is 0. The zero-order chi connectivity index (χ0) is 17.9. The average Bonchev–Trinajstić information content (AvgIpc) is 3.12. The van der Waals surface area contributed by atoms with Crippen molar-refractivity contribution in [3.8, 4) is 0 Å². The van der Waals surface area contributed by atoms with E-state index >= 15 is 0 Å². The van der Waals surface area contributed by atoms with Crippen LogP contribution in [0.15, 0.2) is 42.5 Å². The second-order valence-electron chi connectivity index (χ2n) is 7.12. The van der Waals surface area contributed by atoms with Gasteiger partial charge in [0.2, 0.25) is 0 Å². The first kappa shape index (κ1) is 17.4. The highest BCUT2D eigenvalue weighted by atomic mass is 35.5. The summed E-state index contributed by atoms with van der Waals surface area (Å²) in [6.45, 7) is 4.04. The van der Waals surface area contributed by atoms with E-state index in [1.165, 1.54) is 17.5 Å². The molecule has 0 unspecified atom stereocenters. The van der Waals surface area contributed by atoms with E-state index in [1.807, 2.05) is 29.2 Å². The summed E-state index contributed by atoms with van der Waals surface area (Å²) in [5, 5.41) is 3.87. The number of hydrogen-bond donors (Lipinski definition) is 1. The van der Waals surface area contributed by atoms with Crippen LogP contribution in [0.1, 0.15) is 23.1 Å². The maximum absolute atomic E-state index is 12.6. The molecule has 136 valence electrons. The van der Waals surface area contributed by atoms with Gasteiger partial charge in [-0.3, -0.25) is 4.90 Å². The molecule has 0 bridgehead atoms. The van der Waals surface area contributed by atoms with Crippen molar-refractivity contribution in [2.45, 2.75) is 25.8 Å². The van der Waals surface area contributed by atoms with Gasteiger partial charge in [-0.05, 0) is 54.2 Å². The molecule has 0 atom stereocenters. The molecule has 2 amide bonds. The van der Waals surface area contributed by atoms with Crippen LogP contribution in [0.3, 0.4) is 0 Å². The van der Waals surface area contributed by atoms with Crippen molar-refractivity contribution in [1.29, 1.82) is 0 Å². The zero-order valence-electron chi connectivity index (χ0n) is 14.9. The highest BCUT2D eigenvalue weighted by Gasteiger charge is 2.22. The summed E-state index contributed by atoms with van der Waals surface area (Å²) in [6.07, 6.45) is 3.51. The number of fused-ring (bicyclic) bond motifs is 1. The van der Waals surface area contributed by atoms with Crippen molar-refractivity contribution in [2.75, 3.05) is 31.5 Å². The highest BCUT2D eigenvalue weighted by molar-refractivity contribution is 6.31. The van der Waals surface area contributed by atoms with E-state index in [0.717, 1.165) is 61.8 Å². The number of piperazine rings is 1. The van der Waals surface area contributed by atoms with E-state index in [0.29, 0.717) is 0 Å². The van der Waals surface area contributed by atoms with Crippen LogP contribution in [-0.4, -0.2) is 42.0 Å². The van der Waals surface area contributed by atoms with Gasteiger partial charge in [-0.15, -0.1) is 0 Å². The van der Waals surface area contributed by atoms with E-state index in [9.17, 15) is 4.79 Å². The molecule has 2 aromatic carbocycles. The van der Waals surface area contributed by atoms with E-state index in [1.54, 1.807) is 0 Å². The van der Waals surface area contributed by atoms with Crippen molar-refractivity contribution in [2.24, 2.45) is 0 Å². The minimum Gasteiger partial charge on any atom is -0.322 e. The van der Waals surface area contributed by atoms with Gasteiger partial charge in [0, 0.05) is 43.4 Å². The number of nitrogens with zero attached hydrogens (tertiary/aromatic N) is 2. The van der Waals surface area contributed by atoms with Gasteiger partial charge in [0.15, 0.2) is 0 Å². The van der Waals surface area contributed by atoms with Crippen LogP contribution in [0.2, 0.25) is 5.02 Å². The lowest BCUT2D eigenvalue weighted by molar-refractivity contribution is 0.143. The fraction of sp³-hybridized carbons (Fsp3) is 0.381. The quantitative estimate of drug-likeness (QED) is 0.881. The van der Waals surface area contributed by atoms with Gasteiger partial charge >= 0.3 is 6.03 Å². The molecule has 5 heteroatoms. The Bertz CT molecular complexity index is 800. The lowest BCUT2D eigenvalue weighted by atomic mass is 10.1. The first-order valence-corrected chi connectivity index (χ1v) is 9.70. The molecule has 1 aliphatic carbocycles. The minimum atomic E-state index is 0.000315. The van der Waals surface area contributed by atoms with Crippen molar-refractivity contribution >= 4 is 23.3 Å². The van der Waals surface area contributed by atoms with Crippen LogP contribution < -0.4 is 5.32 Å². The highest BCUT2D eigenvalue weighted by Crippen LogP contribution is 2.25. The predicted octanol–water partition coefficient (Wildman–Crippen LogP) is 4.18. The van der Waals surface area contributed by atoms with E-state index in [4.69, 9.17) is 11.6 Å². The Morgan fingerprint density at radius 1 is 1.00 bits per heavy atom. The fourth-order valence-corrected chi connectivity index (χ4v) is 4.02. The molecule has 1 aliphatic heterocycles. The number of carbonyl (C=O) groups excluding carboxylic acids is 1. The normalized spacial score (nSPS) is 17.2. The van der Waals surface area contributed by atoms with Gasteiger partial charge in [-0.25, -0.2) is 4.79 Å². The second kappa shape index (κ2) is 7.68. The topological polar surface area (TPSA) is 35.6 Å². The molecule has 0 radical (unpaired) electrons. The number of urea groups is 1. The number of halogens is 1. The van der Waals surface area contributed by atoms with E-state index in [-0.39, 0.29) is 6.03 Å². The summed E-state index contributed by atoms with van der Waals surface area (Å²) in [6, 6.07) is 14.3. The van der Waals surface area contributed by atoms with Gasteiger partial charge in [-0.2, -0.15) is 0 Å². The SMILES string of the molecule is O=C(Nc1ccc2c(c1)CCC2)N1CCN(Cc2ccccc2Cl)CC1. The van der Waals surface area contributed by atoms with Gasteiger partial charge in [0.05, 0.1) is 0 Å². The smallest absolute Gasteiger partial charge is 0.321 e. The molecular weight excluding hydrogens is 346 g/mol. The van der Waals surface area contributed by atoms with Crippen molar-refractivity contribution in [1.82, 2.24) is 9.80 Å². The summed E-state index contributed by atoms with van der Waals surface area (Å²) in [7, 11) is 0. The molecule has 1 heterocycles. The molecular formula is C21H24ClN3O. The van der Waals surface area contributed by atoms with Crippen LogP contribution in [-0.2, 0) is 19.4 Å². The summed E-state index contributed by atoms with van der Waals surface area (Å²) in [5.41, 5.74) is 4.86.